The molecule has 2 aliphatic rings. The number of hydrogen-bond donors (Lipinski definition) is 0. The molecule has 2 fully saturated rings. The van der Waals surface area contributed by atoms with Crippen LogP contribution in [-0.2, 0) is 30.9 Å². The third kappa shape index (κ3) is 6.85. The van der Waals surface area contributed by atoms with E-state index in [-0.39, 0.29) is 37.2 Å². The largest absolute Gasteiger partial charge is 0.497 e. The van der Waals surface area contributed by atoms with Crippen molar-refractivity contribution in [1.29, 1.82) is 0 Å². The molecule has 0 saturated carbocycles. The molecule has 0 aliphatic carbocycles. The van der Waals surface area contributed by atoms with Gasteiger partial charge in [-0.05, 0) is 49.1 Å². The van der Waals surface area contributed by atoms with E-state index in [1.54, 1.807) is 54.6 Å². The average Bonchev–Trinajstić information content (AvgIpc) is 3.32. The van der Waals surface area contributed by atoms with Crippen molar-refractivity contribution in [2.75, 3.05) is 40.5 Å². The number of hydrogen-bond acceptors (Lipinski definition) is 7. The Morgan fingerprint density at radius 3 is 2.37 bits per heavy atom. The molecule has 210 valence electrons. The summed E-state index contributed by atoms with van der Waals surface area (Å²) in [7, 11) is -0.612. The van der Waals surface area contributed by atoms with Gasteiger partial charge in [0.05, 0.1) is 43.5 Å². The van der Waals surface area contributed by atoms with Crippen LogP contribution in [0.15, 0.2) is 59.5 Å². The second-order valence-corrected chi connectivity index (χ2v) is 11.6. The maximum absolute atomic E-state index is 13.7. The van der Waals surface area contributed by atoms with Crippen LogP contribution >= 0.6 is 0 Å². The van der Waals surface area contributed by atoms with E-state index < -0.39 is 34.5 Å². The Morgan fingerprint density at radius 2 is 1.76 bits per heavy atom. The highest BCUT2D eigenvalue weighted by atomic mass is 32.2. The van der Waals surface area contributed by atoms with Crippen molar-refractivity contribution in [3.05, 3.63) is 60.2 Å². The minimum absolute atomic E-state index is 0.0116. The second kappa shape index (κ2) is 11.9. The van der Waals surface area contributed by atoms with Gasteiger partial charge < -0.3 is 14.2 Å². The molecule has 2 aromatic carbocycles. The third-order valence-corrected chi connectivity index (χ3v) is 9.02. The van der Waals surface area contributed by atoms with Gasteiger partial charge in [0.1, 0.15) is 5.75 Å². The van der Waals surface area contributed by atoms with Gasteiger partial charge >= 0.3 is 6.18 Å². The lowest BCUT2D eigenvalue weighted by atomic mass is 9.88. The topological polar surface area (TPSA) is 77.5 Å². The highest BCUT2D eigenvalue weighted by Gasteiger charge is 2.48. The van der Waals surface area contributed by atoms with E-state index in [0.717, 1.165) is 5.56 Å². The number of hydroxylamine groups is 2. The quantitative estimate of drug-likeness (QED) is 0.436. The van der Waals surface area contributed by atoms with Crippen LogP contribution < -0.4 is 4.74 Å². The fourth-order valence-electron chi connectivity index (χ4n) is 4.73. The molecule has 2 atom stereocenters. The summed E-state index contributed by atoms with van der Waals surface area (Å²) >= 11 is 0. The molecule has 0 bridgehead atoms. The van der Waals surface area contributed by atoms with Crippen LogP contribution in [0.3, 0.4) is 0 Å². The van der Waals surface area contributed by atoms with Crippen LogP contribution in [0.5, 0.6) is 5.75 Å². The summed E-state index contributed by atoms with van der Waals surface area (Å²) in [4.78, 5) is 5.53. The standard InChI is InChI=1S/C26H33F3N2O6S/c1-30(38(32,33)23-6-4-3-5-7-23)21-16-25(36-18-21)12-14-31(15-13-25)37-24(26(27,28)29)19-35-17-20-8-10-22(34-2)11-9-20/h3-11,21,24H,12-19H2,1-2H3/t21-,24-/m1/s1. The number of ether oxygens (including phenoxy) is 3. The molecule has 0 amide bonds. The Labute approximate surface area is 221 Å². The molecular weight excluding hydrogens is 525 g/mol. The number of piperidine rings is 1. The minimum Gasteiger partial charge on any atom is -0.497 e. The van der Waals surface area contributed by atoms with Gasteiger partial charge in [-0.25, -0.2) is 8.42 Å². The van der Waals surface area contributed by atoms with E-state index in [1.807, 2.05) is 0 Å². The predicted molar refractivity (Wildman–Crippen MR) is 133 cm³/mol. The second-order valence-electron chi connectivity index (χ2n) is 9.61. The highest BCUT2D eigenvalue weighted by molar-refractivity contribution is 7.89. The zero-order valence-corrected chi connectivity index (χ0v) is 22.2. The average molecular weight is 559 g/mol. The van der Waals surface area contributed by atoms with Crippen molar-refractivity contribution in [2.45, 2.75) is 54.7 Å². The smallest absolute Gasteiger partial charge is 0.418 e. The van der Waals surface area contributed by atoms with Crippen molar-refractivity contribution in [3.8, 4) is 5.75 Å². The molecule has 38 heavy (non-hydrogen) atoms. The molecular formula is C26H33F3N2O6S. The number of likely N-dealkylation sites (N-methyl/N-ethyl adjacent to an activating group) is 1. The van der Waals surface area contributed by atoms with E-state index in [0.29, 0.717) is 25.0 Å². The van der Waals surface area contributed by atoms with Crippen molar-refractivity contribution >= 4 is 10.0 Å². The Morgan fingerprint density at radius 1 is 1.11 bits per heavy atom. The monoisotopic (exact) mass is 558 g/mol. The van der Waals surface area contributed by atoms with Gasteiger partial charge in [-0.15, -0.1) is 0 Å². The molecule has 2 aromatic rings. The fourth-order valence-corrected chi connectivity index (χ4v) is 6.09. The molecule has 0 unspecified atom stereocenters. The summed E-state index contributed by atoms with van der Waals surface area (Å²) < 4.78 is 84.7. The summed E-state index contributed by atoms with van der Waals surface area (Å²) in [6, 6.07) is 14.7. The third-order valence-electron chi connectivity index (χ3n) is 7.10. The van der Waals surface area contributed by atoms with Gasteiger partial charge in [0.15, 0.2) is 6.10 Å². The van der Waals surface area contributed by atoms with E-state index in [4.69, 9.17) is 19.0 Å². The van der Waals surface area contributed by atoms with Crippen LogP contribution in [0, 0.1) is 0 Å². The first-order valence-corrected chi connectivity index (χ1v) is 13.8. The van der Waals surface area contributed by atoms with Crippen LogP contribution in [0.2, 0.25) is 0 Å². The summed E-state index contributed by atoms with van der Waals surface area (Å²) in [6.07, 6.45) is -5.37. The van der Waals surface area contributed by atoms with E-state index >= 15 is 0 Å². The molecule has 12 heteroatoms. The number of benzene rings is 2. The summed E-state index contributed by atoms with van der Waals surface area (Å²) in [5.41, 5.74) is 0.127. The Bertz CT molecular complexity index is 1140. The number of methoxy groups -OCH3 is 1. The lowest BCUT2D eigenvalue weighted by Crippen LogP contribution is -2.49. The zero-order valence-electron chi connectivity index (χ0n) is 21.4. The van der Waals surface area contributed by atoms with Crippen molar-refractivity contribution < 1.29 is 40.6 Å². The number of alkyl halides is 3. The zero-order chi connectivity index (χ0) is 27.4. The first-order valence-electron chi connectivity index (χ1n) is 12.4. The minimum atomic E-state index is -4.60. The molecule has 0 radical (unpaired) electrons. The molecule has 2 aliphatic heterocycles. The van der Waals surface area contributed by atoms with Gasteiger partial charge in [0.25, 0.3) is 0 Å². The highest BCUT2D eigenvalue weighted by Crippen LogP contribution is 2.39. The van der Waals surface area contributed by atoms with Gasteiger partial charge in [-0.1, -0.05) is 30.3 Å². The lowest BCUT2D eigenvalue weighted by Gasteiger charge is -2.39. The normalized spacial score (nSPS) is 21.2. The Hall–Kier alpha value is -2.22. The first kappa shape index (κ1) is 28.8. The maximum Gasteiger partial charge on any atom is 0.418 e. The van der Waals surface area contributed by atoms with Gasteiger partial charge in [-0.3, -0.25) is 4.84 Å². The van der Waals surface area contributed by atoms with Crippen molar-refractivity contribution in [3.63, 3.8) is 0 Å². The van der Waals surface area contributed by atoms with Gasteiger partial charge in [0.2, 0.25) is 10.0 Å². The Kier molecular flexibility index (Phi) is 9.00. The SMILES string of the molecule is COc1ccc(COC[C@@H](ON2CCC3(CC2)C[C@@H](N(C)S(=O)(=O)c2ccccc2)CO3)C(F)(F)F)cc1. The molecule has 4 rings (SSSR count). The van der Waals surface area contributed by atoms with Crippen molar-refractivity contribution in [2.24, 2.45) is 0 Å². The van der Waals surface area contributed by atoms with Crippen LogP contribution in [0.4, 0.5) is 13.2 Å². The molecule has 1 spiro atoms. The summed E-state index contributed by atoms with van der Waals surface area (Å²) in [6.45, 7) is 0.0588. The lowest BCUT2D eigenvalue weighted by molar-refractivity contribution is -0.317. The summed E-state index contributed by atoms with van der Waals surface area (Å²) in [5, 5.41) is 1.31. The number of nitrogens with zero attached hydrogens (tertiary/aromatic N) is 2. The van der Waals surface area contributed by atoms with Crippen LogP contribution in [0.25, 0.3) is 0 Å². The maximum atomic E-state index is 13.7. The van der Waals surface area contributed by atoms with Gasteiger partial charge in [-0.2, -0.15) is 22.5 Å². The molecule has 0 N–H and O–H groups in total. The number of sulfonamides is 1. The first-order chi connectivity index (χ1) is 18.0. The van der Waals surface area contributed by atoms with E-state index in [2.05, 4.69) is 0 Å². The fraction of sp³-hybridized carbons (Fsp3) is 0.538. The summed E-state index contributed by atoms with van der Waals surface area (Å²) in [5.74, 6) is 0.648. The van der Waals surface area contributed by atoms with E-state index in [1.165, 1.54) is 23.5 Å². The van der Waals surface area contributed by atoms with Gasteiger partial charge in [0, 0.05) is 20.1 Å². The molecule has 2 saturated heterocycles. The Balaban J connectivity index is 1.28. The number of rotatable bonds is 10. The molecule has 8 nitrogen and oxygen atoms in total. The van der Waals surface area contributed by atoms with Crippen LogP contribution in [-0.4, -0.2) is 82.2 Å². The van der Waals surface area contributed by atoms with E-state index in [9.17, 15) is 21.6 Å². The molecule has 2 heterocycles. The number of halogens is 3. The van der Waals surface area contributed by atoms with Crippen molar-refractivity contribution in [1.82, 2.24) is 9.37 Å². The predicted octanol–water partition coefficient (Wildman–Crippen LogP) is 4.02. The molecule has 0 aromatic heterocycles. The van der Waals surface area contributed by atoms with Crippen LogP contribution in [0.1, 0.15) is 24.8 Å².